The van der Waals surface area contributed by atoms with E-state index in [9.17, 15) is 14.0 Å². The van der Waals surface area contributed by atoms with Gasteiger partial charge in [0.15, 0.2) is 0 Å². The van der Waals surface area contributed by atoms with Crippen molar-refractivity contribution in [2.45, 2.75) is 44.6 Å². The number of nitrogens with zero attached hydrogens (tertiary/aromatic N) is 3. The topological polar surface area (TPSA) is 43.9 Å². The fraction of sp³-hybridized carbons (Fsp3) is 0.636. The number of amides is 2. The quantitative estimate of drug-likeness (QED) is 0.801. The molecule has 3 heterocycles. The summed E-state index contributed by atoms with van der Waals surface area (Å²) < 4.78 is 13.9. The number of benzene rings is 1. The van der Waals surface area contributed by atoms with Gasteiger partial charge in [0.1, 0.15) is 5.82 Å². The zero-order chi connectivity index (χ0) is 19.5. The molecule has 5 nitrogen and oxygen atoms in total. The monoisotopic (exact) mass is 387 g/mol. The maximum absolute atomic E-state index is 13.9. The number of piperidine rings is 2. The summed E-state index contributed by atoms with van der Waals surface area (Å²) in [6, 6.07) is 6.62. The van der Waals surface area contributed by atoms with Gasteiger partial charge in [-0.2, -0.15) is 0 Å². The van der Waals surface area contributed by atoms with E-state index in [1.54, 1.807) is 23.1 Å². The summed E-state index contributed by atoms with van der Waals surface area (Å²) in [5, 5.41) is 0. The maximum Gasteiger partial charge on any atom is 0.256 e. The molecule has 1 atom stereocenters. The van der Waals surface area contributed by atoms with Gasteiger partial charge >= 0.3 is 0 Å². The van der Waals surface area contributed by atoms with E-state index < -0.39 is 5.82 Å². The average Bonchev–Trinajstić information content (AvgIpc) is 3.28. The number of carbonyl (C=O) groups is 2. The SMILES string of the molecule is O=C(c1ccccc1F)N1CCC(N2CCCC(C(=O)N3CCCC3)C2)CC1. The minimum absolute atomic E-state index is 0.130. The zero-order valence-electron chi connectivity index (χ0n) is 16.5. The molecule has 152 valence electrons. The van der Waals surface area contributed by atoms with E-state index in [0.717, 1.165) is 64.7 Å². The molecule has 0 saturated carbocycles. The number of halogens is 1. The molecule has 0 N–H and O–H groups in total. The van der Waals surface area contributed by atoms with Crippen molar-refractivity contribution in [1.29, 1.82) is 0 Å². The third kappa shape index (κ3) is 4.07. The van der Waals surface area contributed by atoms with Gasteiger partial charge in [0.2, 0.25) is 5.91 Å². The van der Waals surface area contributed by atoms with Crippen LogP contribution in [0.1, 0.15) is 48.9 Å². The molecule has 0 bridgehead atoms. The third-order valence-corrected chi connectivity index (χ3v) is 6.59. The summed E-state index contributed by atoms with van der Waals surface area (Å²) in [5.41, 5.74) is 0.162. The molecule has 6 heteroatoms. The highest BCUT2D eigenvalue weighted by Gasteiger charge is 2.35. The lowest BCUT2D eigenvalue weighted by atomic mass is 9.92. The van der Waals surface area contributed by atoms with Crippen molar-refractivity contribution >= 4 is 11.8 Å². The fourth-order valence-corrected chi connectivity index (χ4v) is 4.97. The Morgan fingerprint density at radius 1 is 0.857 bits per heavy atom. The van der Waals surface area contributed by atoms with Crippen LogP contribution in [0.3, 0.4) is 0 Å². The molecule has 3 fully saturated rings. The second-order valence-electron chi connectivity index (χ2n) is 8.37. The number of hydrogen-bond donors (Lipinski definition) is 0. The van der Waals surface area contributed by atoms with E-state index in [0.29, 0.717) is 25.0 Å². The molecule has 1 aromatic rings. The van der Waals surface area contributed by atoms with E-state index in [4.69, 9.17) is 0 Å². The first-order valence-electron chi connectivity index (χ1n) is 10.7. The lowest BCUT2D eigenvalue weighted by Crippen LogP contribution is -2.51. The second kappa shape index (κ2) is 8.60. The Morgan fingerprint density at radius 2 is 1.57 bits per heavy atom. The van der Waals surface area contributed by atoms with Crippen molar-refractivity contribution in [3.63, 3.8) is 0 Å². The summed E-state index contributed by atoms with van der Waals surface area (Å²) in [7, 11) is 0. The highest BCUT2D eigenvalue weighted by Crippen LogP contribution is 2.26. The largest absolute Gasteiger partial charge is 0.342 e. The van der Waals surface area contributed by atoms with Gasteiger partial charge in [-0.15, -0.1) is 0 Å². The van der Waals surface area contributed by atoms with Crippen LogP contribution in [0.5, 0.6) is 0 Å². The number of rotatable bonds is 3. The van der Waals surface area contributed by atoms with E-state index in [1.165, 1.54) is 6.07 Å². The molecule has 3 aliphatic rings. The van der Waals surface area contributed by atoms with Crippen molar-refractivity contribution in [2.24, 2.45) is 5.92 Å². The molecule has 0 spiro atoms. The average molecular weight is 387 g/mol. The van der Waals surface area contributed by atoms with E-state index in [2.05, 4.69) is 4.90 Å². The molecule has 28 heavy (non-hydrogen) atoms. The first kappa shape index (κ1) is 19.4. The van der Waals surface area contributed by atoms with Crippen LogP contribution in [0.2, 0.25) is 0 Å². The summed E-state index contributed by atoms with van der Waals surface area (Å²) in [6.45, 7) is 5.03. The predicted molar refractivity (Wildman–Crippen MR) is 105 cm³/mol. The Labute approximate surface area is 166 Å². The summed E-state index contributed by atoms with van der Waals surface area (Å²) in [5.74, 6) is -0.189. The van der Waals surface area contributed by atoms with Crippen LogP contribution in [-0.2, 0) is 4.79 Å². The normalized spacial score (nSPS) is 24.5. The van der Waals surface area contributed by atoms with E-state index in [1.807, 2.05) is 4.90 Å². The number of hydrogen-bond acceptors (Lipinski definition) is 3. The lowest BCUT2D eigenvalue weighted by molar-refractivity contribution is -0.136. The Hall–Kier alpha value is -1.95. The van der Waals surface area contributed by atoms with Gasteiger partial charge < -0.3 is 9.80 Å². The minimum Gasteiger partial charge on any atom is -0.342 e. The Kier molecular flexibility index (Phi) is 5.95. The Bertz CT molecular complexity index is 711. The molecule has 1 unspecified atom stereocenters. The van der Waals surface area contributed by atoms with Crippen molar-refractivity contribution in [3.05, 3.63) is 35.6 Å². The highest BCUT2D eigenvalue weighted by molar-refractivity contribution is 5.94. The first-order chi connectivity index (χ1) is 13.6. The number of likely N-dealkylation sites (tertiary alicyclic amines) is 3. The van der Waals surface area contributed by atoms with Crippen LogP contribution >= 0.6 is 0 Å². The zero-order valence-corrected chi connectivity index (χ0v) is 16.5. The first-order valence-corrected chi connectivity index (χ1v) is 10.7. The summed E-state index contributed by atoms with van der Waals surface area (Å²) in [6.07, 6.45) is 6.12. The van der Waals surface area contributed by atoms with Crippen LogP contribution in [0.4, 0.5) is 4.39 Å². The molecular formula is C22H30FN3O2. The Morgan fingerprint density at radius 3 is 2.29 bits per heavy atom. The van der Waals surface area contributed by atoms with E-state index >= 15 is 0 Å². The van der Waals surface area contributed by atoms with Gasteiger partial charge in [-0.3, -0.25) is 14.5 Å². The highest BCUT2D eigenvalue weighted by atomic mass is 19.1. The van der Waals surface area contributed by atoms with Gasteiger partial charge in [-0.05, 0) is 57.2 Å². The van der Waals surface area contributed by atoms with Crippen molar-refractivity contribution < 1.29 is 14.0 Å². The van der Waals surface area contributed by atoms with Crippen molar-refractivity contribution in [1.82, 2.24) is 14.7 Å². The molecule has 0 radical (unpaired) electrons. The van der Waals surface area contributed by atoms with Gasteiger partial charge in [-0.25, -0.2) is 4.39 Å². The van der Waals surface area contributed by atoms with Crippen molar-refractivity contribution in [3.8, 4) is 0 Å². The molecule has 3 saturated heterocycles. The van der Waals surface area contributed by atoms with Crippen molar-refractivity contribution in [2.75, 3.05) is 39.3 Å². The van der Waals surface area contributed by atoms with Gasteiger partial charge in [0.25, 0.3) is 5.91 Å². The molecule has 2 amide bonds. The molecule has 3 aliphatic heterocycles. The smallest absolute Gasteiger partial charge is 0.256 e. The molecule has 1 aromatic carbocycles. The fourth-order valence-electron chi connectivity index (χ4n) is 4.97. The predicted octanol–water partition coefficient (Wildman–Crippen LogP) is 2.76. The summed E-state index contributed by atoms with van der Waals surface area (Å²) >= 11 is 0. The molecular weight excluding hydrogens is 357 g/mol. The van der Waals surface area contributed by atoms with Crippen LogP contribution in [0.15, 0.2) is 24.3 Å². The lowest BCUT2D eigenvalue weighted by Gasteiger charge is -2.42. The van der Waals surface area contributed by atoms with Crippen LogP contribution in [0, 0.1) is 11.7 Å². The van der Waals surface area contributed by atoms with E-state index in [-0.39, 0.29) is 17.4 Å². The van der Waals surface area contributed by atoms with Gasteiger partial charge in [-0.1, -0.05) is 12.1 Å². The van der Waals surface area contributed by atoms with Crippen LogP contribution < -0.4 is 0 Å². The molecule has 0 aromatic heterocycles. The third-order valence-electron chi connectivity index (χ3n) is 6.59. The van der Waals surface area contributed by atoms with Gasteiger partial charge in [0, 0.05) is 38.8 Å². The molecule has 0 aliphatic carbocycles. The second-order valence-corrected chi connectivity index (χ2v) is 8.37. The minimum atomic E-state index is -0.450. The molecule has 4 rings (SSSR count). The Balaban J connectivity index is 1.31. The van der Waals surface area contributed by atoms with Gasteiger partial charge in [0.05, 0.1) is 11.5 Å². The standard InChI is InChI=1S/C22H30FN3O2/c23-20-8-2-1-7-19(20)22(28)25-14-9-18(10-15-25)26-13-5-6-17(16-26)21(27)24-11-3-4-12-24/h1-2,7-8,17-18H,3-6,9-16H2. The summed E-state index contributed by atoms with van der Waals surface area (Å²) in [4.78, 5) is 31.7. The van der Waals surface area contributed by atoms with Crippen LogP contribution in [-0.4, -0.2) is 71.8 Å². The van der Waals surface area contributed by atoms with Crippen LogP contribution in [0.25, 0.3) is 0 Å². The number of carbonyl (C=O) groups excluding carboxylic acids is 2. The maximum atomic E-state index is 13.9.